The Labute approximate surface area is 140 Å². The maximum Gasteiger partial charge on any atom is 0.317 e. The molecule has 23 heavy (non-hydrogen) atoms. The van der Waals surface area contributed by atoms with Gasteiger partial charge in [0.1, 0.15) is 11.5 Å². The summed E-state index contributed by atoms with van der Waals surface area (Å²) in [6.45, 7) is 7.77. The van der Waals surface area contributed by atoms with Crippen LogP contribution in [0.15, 0.2) is 27.6 Å². The monoisotopic (exact) mass is 334 g/mol. The van der Waals surface area contributed by atoms with Gasteiger partial charge in [0.25, 0.3) is 0 Å². The van der Waals surface area contributed by atoms with E-state index in [1.807, 2.05) is 11.8 Å². The number of oxazole rings is 1. The van der Waals surface area contributed by atoms with E-state index in [0.29, 0.717) is 12.6 Å². The number of rotatable bonds is 4. The molecule has 0 spiro atoms. The quantitative estimate of drug-likeness (QED) is 0.934. The molecule has 2 aromatic heterocycles. The van der Waals surface area contributed by atoms with Crippen molar-refractivity contribution < 1.29 is 9.21 Å². The molecule has 7 heteroatoms. The molecule has 1 N–H and O–H groups in total. The van der Waals surface area contributed by atoms with Crippen LogP contribution in [-0.4, -0.2) is 47.0 Å². The maximum atomic E-state index is 12.2. The van der Waals surface area contributed by atoms with Crippen LogP contribution in [0.2, 0.25) is 0 Å². The molecule has 1 atom stereocenters. The van der Waals surface area contributed by atoms with Gasteiger partial charge in [0.05, 0.1) is 6.54 Å². The van der Waals surface area contributed by atoms with Crippen molar-refractivity contribution in [3.63, 3.8) is 0 Å². The van der Waals surface area contributed by atoms with Crippen molar-refractivity contribution in [1.82, 2.24) is 20.1 Å². The highest BCUT2D eigenvalue weighted by molar-refractivity contribution is 7.07. The topological polar surface area (TPSA) is 61.6 Å². The molecule has 3 heterocycles. The molecule has 0 unspecified atom stereocenters. The Hall–Kier alpha value is -1.86. The van der Waals surface area contributed by atoms with Crippen LogP contribution >= 0.6 is 11.3 Å². The summed E-state index contributed by atoms with van der Waals surface area (Å²) < 4.78 is 5.14. The SMILES string of the molecule is Cc1ocnc1CNC(=O)N1CCN([C@@H](C)c2ccsc2)CC1. The molecule has 3 rings (SSSR count). The zero-order valence-electron chi connectivity index (χ0n) is 13.5. The predicted octanol–water partition coefficient (Wildman–Crippen LogP) is 2.63. The van der Waals surface area contributed by atoms with Gasteiger partial charge in [-0.15, -0.1) is 0 Å². The first-order valence-corrected chi connectivity index (χ1v) is 8.77. The molecule has 2 aromatic rings. The summed E-state index contributed by atoms with van der Waals surface area (Å²) in [5.41, 5.74) is 2.14. The molecular formula is C16H22N4O2S. The zero-order valence-corrected chi connectivity index (χ0v) is 14.3. The molecule has 1 aliphatic heterocycles. The number of carbonyl (C=O) groups excluding carboxylic acids is 1. The van der Waals surface area contributed by atoms with Crippen molar-refractivity contribution in [2.75, 3.05) is 26.2 Å². The second-order valence-electron chi connectivity index (χ2n) is 5.77. The number of hydrogen-bond acceptors (Lipinski definition) is 5. The van der Waals surface area contributed by atoms with Crippen LogP contribution in [0.4, 0.5) is 4.79 Å². The molecule has 1 saturated heterocycles. The van der Waals surface area contributed by atoms with E-state index >= 15 is 0 Å². The fourth-order valence-electron chi connectivity index (χ4n) is 2.81. The van der Waals surface area contributed by atoms with Gasteiger partial charge in [0.2, 0.25) is 0 Å². The predicted molar refractivity (Wildman–Crippen MR) is 89.4 cm³/mol. The summed E-state index contributed by atoms with van der Waals surface area (Å²) in [5.74, 6) is 0.750. The Bertz CT molecular complexity index is 632. The summed E-state index contributed by atoms with van der Waals surface area (Å²) in [6, 6.07) is 2.55. The van der Waals surface area contributed by atoms with Gasteiger partial charge in [0, 0.05) is 32.2 Å². The Morgan fingerprint density at radius 2 is 2.22 bits per heavy atom. The van der Waals surface area contributed by atoms with E-state index in [-0.39, 0.29) is 6.03 Å². The maximum absolute atomic E-state index is 12.2. The van der Waals surface area contributed by atoms with Crippen molar-refractivity contribution in [2.45, 2.75) is 26.4 Å². The Kier molecular flexibility index (Phi) is 4.97. The van der Waals surface area contributed by atoms with Crippen LogP contribution in [0.5, 0.6) is 0 Å². The molecule has 0 aromatic carbocycles. The lowest BCUT2D eigenvalue weighted by Crippen LogP contribution is -2.52. The number of piperazine rings is 1. The number of nitrogens with zero attached hydrogens (tertiary/aromatic N) is 3. The number of aryl methyl sites for hydroxylation is 1. The highest BCUT2D eigenvalue weighted by Gasteiger charge is 2.24. The first-order chi connectivity index (χ1) is 11.1. The number of urea groups is 1. The molecule has 0 bridgehead atoms. The van der Waals surface area contributed by atoms with Gasteiger partial charge in [-0.3, -0.25) is 4.90 Å². The van der Waals surface area contributed by atoms with Crippen molar-refractivity contribution in [2.24, 2.45) is 0 Å². The average Bonchev–Trinajstić information content (AvgIpc) is 3.24. The van der Waals surface area contributed by atoms with E-state index in [4.69, 9.17) is 4.42 Å². The van der Waals surface area contributed by atoms with Gasteiger partial charge in [0.15, 0.2) is 6.39 Å². The standard InChI is InChI=1S/C16H22N4O2S/c1-12(14-3-8-23-10-14)19-4-6-20(7-5-19)16(21)17-9-15-13(2)22-11-18-15/h3,8,10-12H,4-7,9H2,1-2H3,(H,17,21)/t12-/m0/s1. The van der Waals surface area contributed by atoms with E-state index in [2.05, 4.69) is 39.0 Å². The molecule has 1 fully saturated rings. The molecule has 1 aliphatic rings. The fraction of sp³-hybridized carbons (Fsp3) is 0.500. The van der Waals surface area contributed by atoms with Crippen molar-refractivity contribution in [3.8, 4) is 0 Å². The second-order valence-corrected chi connectivity index (χ2v) is 6.55. The van der Waals surface area contributed by atoms with Crippen LogP contribution in [0.3, 0.4) is 0 Å². The minimum atomic E-state index is -0.0322. The molecule has 6 nitrogen and oxygen atoms in total. The van der Waals surface area contributed by atoms with Crippen molar-refractivity contribution >= 4 is 17.4 Å². The van der Waals surface area contributed by atoms with Gasteiger partial charge in [-0.2, -0.15) is 11.3 Å². The summed E-state index contributed by atoms with van der Waals surface area (Å²) in [4.78, 5) is 20.6. The Balaban J connectivity index is 1.47. The lowest BCUT2D eigenvalue weighted by Gasteiger charge is -2.37. The number of hydrogen-bond donors (Lipinski definition) is 1. The lowest BCUT2D eigenvalue weighted by molar-refractivity contribution is 0.114. The molecular weight excluding hydrogens is 312 g/mol. The van der Waals surface area contributed by atoms with Crippen molar-refractivity contribution in [1.29, 1.82) is 0 Å². The van der Waals surface area contributed by atoms with Crippen LogP contribution in [0.25, 0.3) is 0 Å². The minimum Gasteiger partial charge on any atom is -0.448 e. The zero-order chi connectivity index (χ0) is 16.2. The normalized spacial score (nSPS) is 17.2. The smallest absolute Gasteiger partial charge is 0.317 e. The lowest BCUT2D eigenvalue weighted by atomic mass is 10.1. The first kappa shape index (κ1) is 16.0. The number of nitrogens with one attached hydrogen (secondary N) is 1. The third-order valence-corrected chi connectivity index (χ3v) is 5.13. The van der Waals surface area contributed by atoms with E-state index < -0.39 is 0 Å². The Morgan fingerprint density at radius 1 is 1.43 bits per heavy atom. The molecule has 0 saturated carbocycles. The number of amides is 2. The summed E-state index contributed by atoms with van der Waals surface area (Å²) in [5, 5.41) is 7.23. The summed E-state index contributed by atoms with van der Waals surface area (Å²) >= 11 is 1.73. The second kappa shape index (κ2) is 7.14. The van der Waals surface area contributed by atoms with Gasteiger partial charge in [-0.1, -0.05) is 0 Å². The van der Waals surface area contributed by atoms with Crippen LogP contribution in [0, 0.1) is 6.92 Å². The van der Waals surface area contributed by atoms with E-state index in [1.165, 1.54) is 12.0 Å². The minimum absolute atomic E-state index is 0.0322. The number of aromatic nitrogens is 1. The fourth-order valence-corrected chi connectivity index (χ4v) is 3.55. The molecule has 0 radical (unpaired) electrons. The molecule has 0 aliphatic carbocycles. The van der Waals surface area contributed by atoms with Crippen molar-refractivity contribution in [3.05, 3.63) is 40.2 Å². The van der Waals surface area contributed by atoms with Gasteiger partial charge in [-0.05, 0) is 36.2 Å². The Morgan fingerprint density at radius 3 is 2.83 bits per heavy atom. The first-order valence-electron chi connectivity index (χ1n) is 7.83. The molecule has 2 amide bonds. The highest BCUT2D eigenvalue weighted by Crippen LogP contribution is 2.23. The highest BCUT2D eigenvalue weighted by atomic mass is 32.1. The molecule has 124 valence electrons. The van der Waals surface area contributed by atoms with Gasteiger partial charge >= 0.3 is 6.03 Å². The third kappa shape index (κ3) is 3.73. The van der Waals surface area contributed by atoms with Gasteiger partial charge < -0.3 is 14.6 Å². The van der Waals surface area contributed by atoms with Crippen LogP contribution in [0.1, 0.15) is 30.0 Å². The number of thiophene rings is 1. The van der Waals surface area contributed by atoms with Gasteiger partial charge in [-0.25, -0.2) is 9.78 Å². The third-order valence-electron chi connectivity index (χ3n) is 4.43. The van der Waals surface area contributed by atoms with Crippen LogP contribution in [-0.2, 0) is 6.54 Å². The summed E-state index contributed by atoms with van der Waals surface area (Å²) in [6.07, 6.45) is 1.40. The van der Waals surface area contributed by atoms with E-state index in [1.54, 1.807) is 11.3 Å². The summed E-state index contributed by atoms with van der Waals surface area (Å²) in [7, 11) is 0. The van der Waals surface area contributed by atoms with Crippen LogP contribution < -0.4 is 5.32 Å². The number of carbonyl (C=O) groups is 1. The average molecular weight is 334 g/mol. The largest absolute Gasteiger partial charge is 0.448 e. The van der Waals surface area contributed by atoms with E-state index in [0.717, 1.165) is 37.6 Å². The van der Waals surface area contributed by atoms with E-state index in [9.17, 15) is 4.79 Å².